The van der Waals surface area contributed by atoms with Crippen molar-refractivity contribution in [3.05, 3.63) is 66.0 Å². The number of pyridine rings is 1. The largest absolute Gasteiger partial charge is 0.497 e. The molecule has 0 saturated carbocycles. The van der Waals surface area contributed by atoms with Crippen molar-refractivity contribution < 1.29 is 14.3 Å². The van der Waals surface area contributed by atoms with Crippen LogP contribution in [0.2, 0.25) is 0 Å². The Morgan fingerprint density at radius 2 is 2.31 bits per heavy atom. The molecule has 2 aromatic rings. The van der Waals surface area contributed by atoms with Gasteiger partial charge in [-0.25, -0.2) is 0 Å². The molecule has 1 fully saturated rings. The number of hydrogen-bond donors (Lipinski definition) is 0. The maximum Gasteiger partial charge on any atom is 0.246 e. The van der Waals surface area contributed by atoms with Gasteiger partial charge in [-0.15, -0.1) is 0 Å². The van der Waals surface area contributed by atoms with Gasteiger partial charge < -0.3 is 14.4 Å². The molecule has 1 aliphatic heterocycles. The fourth-order valence-electron chi connectivity index (χ4n) is 3.00. The fraction of sp³-hybridized carbons (Fsp3) is 0.333. The van der Waals surface area contributed by atoms with Gasteiger partial charge in [0.05, 0.1) is 13.2 Å². The summed E-state index contributed by atoms with van der Waals surface area (Å²) in [5, 5.41) is 0. The van der Waals surface area contributed by atoms with Crippen molar-refractivity contribution in [3.8, 4) is 5.75 Å². The predicted molar refractivity (Wildman–Crippen MR) is 101 cm³/mol. The van der Waals surface area contributed by atoms with E-state index in [1.54, 1.807) is 25.6 Å². The number of carbonyl (C=O) groups is 1. The molecule has 1 aliphatic rings. The maximum atomic E-state index is 12.8. The lowest BCUT2D eigenvalue weighted by atomic mass is 10.1. The molecular weight excluding hydrogens is 328 g/mol. The van der Waals surface area contributed by atoms with Crippen molar-refractivity contribution in [2.45, 2.75) is 25.5 Å². The van der Waals surface area contributed by atoms with E-state index in [9.17, 15) is 4.79 Å². The van der Waals surface area contributed by atoms with Gasteiger partial charge in [-0.2, -0.15) is 0 Å². The van der Waals surface area contributed by atoms with Crippen LogP contribution in [0.3, 0.4) is 0 Å². The van der Waals surface area contributed by atoms with Crippen LogP contribution in [0.4, 0.5) is 0 Å². The number of amides is 1. The van der Waals surface area contributed by atoms with E-state index < -0.39 is 0 Å². The van der Waals surface area contributed by atoms with E-state index in [0.29, 0.717) is 13.1 Å². The molecular formula is C21H24N2O3. The van der Waals surface area contributed by atoms with Crippen LogP contribution in [-0.2, 0) is 16.1 Å². The molecule has 3 rings (SSSR count). The van der Waals surface area contributed by atoms with E-state index >= 15 is 0 Å². The zero-order valence-corrected chi connectivity index (χ0v) is 15.0. The van der Waals surface area contributed by atoms with Crippen LogP contribution < -0.4 is 4.74 Å². The Kier molecular flexibility index (Phi) is 6.39. The summed E-state index contributed by atoms with van der Waals surface area (Å²) in [5.74, 6) is 0.735. The van der Waals surface area contributed by atoms with Crippen LogP contribution in [0.15, 0.2) is 54.9 Å². The van der Waals surface area contributed by atoms with Crippen LogP contribution >= 0.6 is 0 Å². The number of benzene rings is 1. The third-order valence-electron chi connectivity index (χ3n) is 4.37. The van der Waals surface area contributed by atoms with Gasteiger partial charge in [-0.1, -0.05) is 18.2 Å². The summed E-state index contributed by atoms with van der Waals surface area (Å²) in [6.07, 6.45) is 9.12. The second-order valence-corrected chi connectivity index (χ2v) is 6.33. The zero-order valence-electron chi connectivity index (χ0n) is 15.0. The summed E-state index contributed by atoms with van der Waals surface area (Å²) in [4.78, 5) is 18.8. The first-order valence-electron chi connectivity index (χ1n) is 8.86. The highest BCUT2D eigenvalue weighted by Gasteiger charge is 2.21. The lowest BCUT2D eigenvalue weighted by Gasteiger charge is -2.24. The predicted octanol–water partition coefficient (Wildman–Crippen LogP) is 3.31. The minimum absolute atomic E-state index is 0.0350. The first-order valence-corrected chi connectivity index (χ1v) is 8.86. The average molecular weight is 352 g/mol. The van der Waals surface area contributed by atoms with Gasteiger partial charge in [-0.3, -0.25) is 9.78 Å². The van der Waals surface area contributed by atoms with E-state index in [1.807, 2.05) is 47.4 Å². The fourth-order valence-corrected chi connectivity index (χ4v) is 3.00. The Balaban J connectivity index is 1.71. The van der Waals surface area contributed by atoms with Crippen LogP contribution in [0.5, 0.6) is 5.75 Å². The van der Waals surface area contributed by atoms with Crippen molar-refractivity contribution in [1.29, 1.82) is 0 Å². The molecule has 136 valence electrons. The molecule has 1 aromatic heterocycles. The van der Waals surface area contributed by atoms with E-state index in [1.165, 1.54) is 0 Å². The Labute approximate surface area is 154 Å². The first kappa shape index (κ1) is 18.1. The van der Waals surface area contributed by atoms with Gasteiger partial charge in [-0.05, 0) is 48.2 Å². The molecule has 1 unspecified atom stereocenters. The summed E-state index contributed by atoms with van der Waals surface area (Å²) in [7, 11) is 1.63. The van der Waals surface area contributed by atoms with Gasteiger partial charge >= 0.3 is 0 Å². The Hall–Kier alpha value is -2.66. The lowest BCUT2D eigenvalue weighted by molar-refractivity contribution is -0.128. The number of methoxy groups -OCH3 is 1. The molecule has 0 aliphatic carbocycles. The number of aromatic nitrogens is 1. The van der Waals surface area contributed by atoms with Crippen LogP contribution in [0.25, 0.3) is 6.08 Å². The summed E-state index contributed by atoms with van der Waals surface area (Å²) >= 11 is 0. The Morgan fingerprint density at radius 1 is 1.38 bits per heavy atom. The standard InChI is InChI=1S/C21H24N2O3/c1-25-19-7-2-5-17(13-19)9-10-21(24)23(16-20-8-4-12-26-20)15-18-6-3-11-22-14-18/h2-3,5-7,9-11,13-14,20H,4,8,12,15-16H2,1H3/b10-9+. The van der Waals surface area contributed by atoms with Crippen LogP contribution in [0, 0.1) is 0 Å². The highest BCUT2D eigenvalue weighted by atomic mass is 16.5. The number of hydrogen-bond acceptors (Lipinski definition) is 4. The van der Waals surface area contributed by atoms with Crippen molar-refractivity contribution in [1.82, 2.24) is 9.88 Å². The van der Waals surface area contributed by atoms with Crippen molar-refractivity contribution in [2.24, 2.45) is 0 Å². The van der Waals surface area contributed by atoms with E-state index in [0.717, 1.165) is 36.3 Å². The van der Waals surface area contributed by atoms with Gasteiger partial charge in [0.2, 0.25) is 5.91 Å². The van der Waals surface area contributed by atoms with Crippen molar-refractivity contribution in [3.63, 3.8) is 0 Å². The number of rotatable bonds is 7. The number of ether oxygens (including phenoxy) is 2. The average Bonchev–Trinajstić information content (AvgIpc) is 3.20. The van der Waals surface area contributed by atoms with Gasteiger partial charge in [0.25, 0.3) is 0 Å². The topological polar surface area (TPSA) is 51.7 Å². The summed E-state index contributed by atoms with van der Waals surface area (Å²) in [6, 6.07) is 11.5. The monoisotopic (exact) mass is 352 g/mol. The highest BCUT2D eigenvalue weighted by Crippen LogP contribution is 2.17. The number of nitrogens with zero attached hydrogens (tertiary/aromatic N) is 2. The molecule has 0 N–H and O–H groups in total. The lowest BCUT2D eigenvalue weighted by Crippen LogP contribution is -2.35. The molecule has 0 bridgehead atoms. The van der Waals surface area contributed by atoms with Crippen molar-refractivity contribution >= 4 is 12.0 Å². The third kappa shape index (κ3) is 5.17. The number of carbonyl (C=O) groups excluding carboxylic acids is 1. The van der Waals surface area contributed by atoms with Gasteiger partial charge in [0.1, 0.15) is 5.75 Å². The van der Waals surface area contributed by atoms with E-state index in [2.05, 4.69) is 4.98 Å². The molecule has 1 amide bonds. The highest BCUT2D eigenvalue weighted by molar-refractivity contribution is 5.91. The molecule has 5 nitrogen and oxygen atoms in total. The summed E-state index contributed by atoms with van der Waals surface area (Å²) in [5.41, 5.74) is 1.93. The molecule has 0 radical (unpaired) electrons. The van der Waals surface area contributed by atoms with Gasteiger partial charge in [0.15, 0.2) is 0 Å². The van der Waals surface area contributed by atoms with E-state index in [4.69, 9.17) is 9.47 Å². The summed E-state index contributed by atoms with van der Waals surface area (Å²) in [6.45, 7) is 1.89. The molecule has 26 heavy (non-hydrogen) atoms. The smallest absolute Gasteiger partial charge is 0.246 e. The first-order chi connectivity index (χ1) is 12.7. The Bertz CT molecular complexity index is 740. The second kappa shape index (κ2) is 9.15. The van der Waals surface area contributed by atoms with Crippen molar-refractivity contribution in [2.75, 3.05) is 20.3 Å². The quantitative estimate of drug-likeness (QED) is 0.718. The summed E-state index contributed by atoms with van der Waals surface area (Å²) < 4.78 is 10.9. The molecule has 1 saturated heterocycles. The van der Waals surface area contributed by atoms with Crippen LogP contribution in [-0.4, -0.2) is 42.2 Å². The second-order valence-electron chi connectivity index (χ2n) is 6.33. The van der Waals surface area contributed by atoms with Gasteiger partial charge in [0, 0.05) is 38.2 Å². The molecule has 5 heteroatoms. The van der Waals surface area contributed by atoms with Crippen LogP contribution in [0.1, 0.15) is 24.0 Å². The van der Waals surface area contributed by atoms with E-state index in [-0.39, 0.29) is 12.0 Å². The molecule has 2 heterocycles. The SMILES string of the molecule is COc1cccc(/C=C/C(=O)N(Cc2cccnc2)CC2CCCO2)c1. The minimum atomic E-state index is -0.0350. The third-order valence-corrected chi connectivity index (χ3v) is 4.37. The zero-order chi connectivity index (χ0) is 18.2. The molecule has 1 atom stereocenters. The minimum Gasteiger partial charge on any atom is -0.497 e. The Morgan fingerprint density at radius 3 is 3.04 bits per heavy atom. The molecule has 1 aromatic carbocycles. The maximum absolute atomic E-state index is 12.8. The molecule has 0 spiro atoms. The normalized spacial score (nSPS) is 16.7.